The van der Waals surface area contributed by atoms with Crippen LogP contribution in [0.15, 0.2) is 53.1 Å². The second kappa shape index (κ2) is 7.56. The largest absolute Gasteiger partial charge is 0.459 e. The molecule has 1 radical (unpaired) electrons. The van der Waals surface area contributed by atoms with E-state index < -0.39 is 0 Å². The molecule has 6 heteroatoms. The molecular weight excluding hydrogens is 342 g/mol. The highest BCUT2D eigenvalue weighted by Gasteiger charge is 2.50. The maximum atomic E-state index is 12.5. The first-order valence-corrected chi connectivity index (χ1v) is 9.38. The molecular formula is C21H24N3O3. The van der Waals surface area contributed by atoms with Crippen LogP contribution in [0.25, 0.3) is 0 Å². The topological polar surface area (TPSA) is 79.8 Å². The first kappa shape index (κ1) is 17.8. The SMILES string of the molecule is NC(=O)C1[C@@H]2CN(C(=O)c3ccco3)CC2CN1CC[CH]c1ccccc1. The van der Waals surface area contributed by atoms with Crippen molar-refractivity contribution in [1.29, 1.82) is 0 Å². The average molecular weight is 366 g/mol. The van der Waals surface area contributed by atoms with Crippen molar-refractivity contribution in [2.24, 2.45) is 17.6 Å². The normalized spacial score (nSPS) is 24.9. The number of nitrogens with two attached hydrogens (primary N) is 1. The number of likely N-dealkylation sites (tertiary alicyclic amines) is 2. The Morgan fingerprint density at radius 1 is 1.11 bits per heavy atom. The number of benzene rings is 1. The maximum Gasteiger partial charge on any atom is 0.289 e. The number of hydrogen-bond donors (Lipinski definition) is 1. The molecule has 0 bridgehead atoms. The average Bonchev–Trinajstić information content (AvgIpc) is 3.37. The Labute approximate surface area is 158 Å². The van der Waals surface area contributed by atoms with E-state index in [1.807, 2.05) is 18.2 Å². The minimum atomic E-state index is -0.312. The van der Waals surface area contributed by atoms with Crippen LogP contribution < -0.4 is 5.73 Å². The van der Waals surface area contributed by atoms with Crippen LogP contribution in [0.2, 0.25) is 0 Å². The number of hydrogen-bond acceptors (Lipinski definition) is 4. The lowest BCUT2D eigenvalue weighted by molar-refractivity contribution is -0.123. The van der Waals surface area contributed by atoms with Gasteiger partial charge in [0.05, 0.1) is 12.3 Å². The number of rotatable bonds is 6. The van der Waals surface area contributed by atoms with E-state index in [4.69, 9.17) is 10.2 Å². The first-order valence-electron chi connectivity index (χ1n) is 9.38. The molecule has 2 N–H and O–H groups in total. The molecule has 1 aromatic carbocycles. The maximum absolute atomic E-state index is 12.5. The van der Waals surface area contributed by atoms with Crippen molar-refractivity contribution >= 4 is 11.8 Å². The Kier molecular flexibility index (Phi) is 4.99. The van der Waals surface area contributed by atoms with Gasteiger partial charge in [-0.05, 0) is 43.0 Å². The van der Waals surface area contributed by atoms with E-state index >= 15 is 0 Å². The molecule has 3 atom stereocenters. The molecule has 0 spiro atoms. The zero-order valence-electron chi connectivity index (χ0n) is 15.2. The lowest BCUT2D eigenvalue weighted by Crippen LogP contribution is -2.46. The van der Waals surface area contributed by atoms with E-state index in [-0.39, 0.29) is 29.7 Å². The van der Waals surface area contributed by atoms with Gasteiger partial charge in [-0.3, -0.25) is 14.5 Å². The van der Waals surface area contributed by atoms with Gasteiger partial charge < -0.3 is 15.1 Å². The van der Waals surface area contributed by atoms with Crippen molar-refractivity contribution in [2.45, 2.75) is 12.5 Å². The van der Waals surface area contributed by atoms with Crippen molar-refractivity contribution in [3.63, 3.8) is 0 Å². The molecule has 2 aliphatic rings. The van der Waals surface area contributed by atoms with E-state index in [0.29, 0.717) is 18.8 Å². The number of nitrogens with zero attached hydrogens (tertiary/aromatic N) is 2. The summed E-state index contributed by atoms with van der Waals surface area (Å²) in [6.07, 6.45) is 4.54. The fraction of sp³-hybridized carbons (Fsp3) is 0.381. The first-order chi connectivity index (χ1) is 13.1. The van der Waals surface area contributed by atoms with Gasteiger partial charge in [0, 0.05) is 25.6 Å². The Morgan fingerprint density at radius 3 is 2.63 bits per heavy atom. The quantitative estimate of drug-likeness (QED) is 0.845. The standard InChI is InChI=1S/C21H24N3O3/c22-20(25)19-17-14-24(21(26)18-9-5-11-27-18)13-16(17)12-23(19)10-4-8-15-6-2-1-3-7-15/h1-3,5-9,11,16-17,19H,4,10,12-14H2,(H2,22,25)/t16?,17-,19?/m1/s1. The van der Waals surface area contributed by atoms with E-state index in [1.54, 1.807) is 17.0 Å². The molecule has 2 fully saturated rings. The molecule has 4 rings (SSSR count). The van der Waals surface area contributed by atoms with Gasteiger partial charge in [-0.25, -0.2) is 0 Å². The number of amides is 2. The van der Waals surface area contributed by atoms with Gasteiger partial charge in [0.2, 0.25) is 5.91 Å². The summed E-state index contributed by atoms with van der Waals surface area (Å²) in [5, 5.41) is 0. The molecule has 2 unspecified atom stereocenters. The van der Waals surface area contributed by atoms with Gasteiger partial charge in [-0.2, -0.15) is 0 Å². The molecule has 2 aliphatic heterocycles. The number of fused-ring (bicyclic) bond motifs is 1. The van der Waals surface area contributed by atoms with Gasteiger partial charge >= 0.3 is 0 Å². The van der Waals surface area contributed by atoms with Crippen molar-refractivity contribution in [3.8, 4) is 0 Å². The fourth-order valence-electron chi connectivity index (χ4n) is 4.46. The molecule has 141 valence electrons. The summed E-state index contributed by atoms with van der Waals surface area (Å²) in [5.74, 6) is 0.312. The van der Waals surface area contributed by atoms with E-state index in [9.17, 15) is 9.59 Å². The third kappa shape index (κ3) is 3.62. The smallest absolute Gasteiger partial charge is 0.289 e. The molecule has 6 nitrogen and oxygen atoms in total. The molecule has 27 heavy (non-hydrogen) atoms. The number of carbonyl (C=O) groups is 2. The van der Waals surface area contributed by atoms with Crippen LogP contribution in [-0.2, 0) is 4.79 Å². The van der Waals surface area contributed by atoms with Crippen molar-refractivity contribution in [2.75, 3.05) is 26.2 Å². The van der Waals surface area contributed by atoms with E-state index in [1.165, 1.54) is 11.8 Å². The molecule has 0 saturated carbocycles. The Balaban J connectivity index is 1.37. The zero-order chi connectivity index (χ0) is 18.8. The van der Waals surface area contributed by atoms with Crippen LogP contribution in [0.5, 0.6) is 0 Å². The summed E-state index contributed by atoms with van der Waals surface area (Å²) in [5.41, 5.74) is 6.91. The molecule has 0 aliphatic carbocycles. The predicted molar refractivity (Wildman–Crippen MR) is 101 cm³/mol. The Morgan fingerprint density at radius 2 is 1.93 bits per heavy atom. The highest BCUT2D eigenvalue weighted by Crippen LogP contribution is 2.37. The second-order valence-corrected chi connectivity index (χ2v) is 7.36. The summed E-state index contributed by atoms with van der Waals surface area (Å²) in [6, 6.07) is 13.2. The van der Waals surface area contributed by atoms with Crippen LogP contribution in [0.4, 0.5) is 0 Å². The van der Waals surface area contributed by atoms with Crippen molar-refractivity contribution in [1.82, 2.24) is 9.80 Å². The highest BCUT2D eigenvalue weighted by molar-refractivity contribution is 5.92. The van der Waals surface area contributed by atoms with Crippen LogP contribution in [0.1, 0.15) is 22.5 Å². The second-order valence-electron chi connectivity index (χ2n) is 7.36. The van der Waals surface area contributed by atoms with E-state index in [2.05, 4.69) is 23.5 Å². The minimum Gasteiger partial charge on any atom is -0.459 e. The van der Waals surface area contributed by atoms with Crippen LogP contribution >= 0.6 is 0 Å². The van der Waals surface area contributed by atoms with Crippen LogP contribution in [-0.4, -0.2) is 53.8 Å². The fourth-order valence-corrected chi connectivity index (χ4v) is 4.46. The van der Waals surface area contributed by atoms with Gasteiger partial charge in [0.1, 0.15) is 0 Å². The lowest BCUT2D eigenvalue weighted by atomic mass is 9.94. The van der Waals surface area contributed by atoms with Crippen molar-refractivity contribution in [3.05, 3.63) is 66.5 Å². The summed E-state index contributed by atoms with van der Waals surface area (Å²) in [4.78, 5) is 28.6. The third-order valence-electron chi connectivity index (χ3n) is 5.67. The number of primary amides is 1. The summed E-state index contributed by atoms with van der Waals surface area (Å²) >= 11 is 0. The Hall–Kier alpha value is -2.60. The summed E-state index contributed by atoms with van der Waals surface area (Å²) < 4.78 is 5.22. The summed E-state index contributed by atoms with van der Waals surface area (Å²) in [7, 11) is 0. The van der Waals surface area contributed by atoms with E-state index in [0.717, 1.165) is 19.5 Å². The predicted octanol–water partition coefficient (Wildman–Crippen LogP) is 1.78. The third-order valence-corrected chi connectivity index (χ3v) is 5.67. The molecule has 3 heterocycles. The number of furan rings is 1. The van der Waals surface area contributed by atoms with Crippen molar-refractivity contribution < 1.29 is 14.0 Å². The molecule has 2 amide bonds. The van der Waals surface area contributed by atoms with Gasteiger partial charge in [-0.15, -0.1) is 0 Å². The molecule has 2 saturated heterocycles. The van der Waals surface area contributed by atoms with Gasteiger partial charge in [0.25, 0.3) is 5.91 Å². The molecule has 2 aromatic rings. The highest BCUT2D eigenvalue weighted by atomic mass is 16.3. The Bertz CT molecular complexity index is 790. The lowest BCUT2D eigenvalue weighted by Gasteiger charge is -2.27. The zero-order valence-corrected chi connectivity index (χ0v) is 15.2. The van der Waals surface area contributed by atoms with Gasteiger partial charge in [-0.1, -0.05) is 30.3 Å². The number of carbonyl (C=O) groups excluding carboxylic acids is 2. The minimum absolute atomic E-state index is 0.0955. The van der Waals surface area contributed by atoms with Crippen LogP contribution in [0.3, 0.4) is 0 Å². The monoisotopic (exact) mass is 366 g/mol. The summed E-state index contributed by atoms with van der Waals surface area (Å²) in [6.45, 7) is 2.79. The van der Waals surface area contributed by atoms with Gasteiger partial charge in [0.15, 0.2) is 5.76 Å². The molecule has 1 aromatic heterocycles. The van der Waals surface area contributed by atoms with Crippen LogP contribution in [0, 0.1) is 18.3 Å².